The average molecular weight is 405 g/mol. The minimum atomic E-state index is -0.540. The molecule has 6 heteroatoms. The van der Waals surface area contributed by atoms with E-state index in [4.69, 9.17) is 8.83 Å². The molecule has 2 aromatic heterocycles. The van der Waals surface area contributed by atoms with Crippen LogP contribution in [0, 0.1) is 13.8 Å². The van der Waals surface area contributed by atoms with Gasteiger partial charge in [-0.05, 0) is 43.0 Å². The van der Waals surface area contributed by atoms with E-state index < -0.39 is 11.7 Å². The Morgan fingerprint density at radius 2 is 1.87 bits per heavy atom. The van der Waals surface area contributed by atoms with Gasteiger partial charge in [0, 0.05) is 16.8 Å². The predicted octanol–water partition coefficient (Wildman–Crippen LogP) is 3.42. The van der Waals surface area contributed by atoms with Crippen molar-refractivity contribution in [1.82, 2.24) is 5.32 Å². The summed E-state index contributed by atoms with van der Waals surface area (Å²) in [5.41, 5.74) is 3.57. The van der Waals surface area contributed by atoms with Gasteiger partial charge in [-0.25, -0.2) is 4.79 Å². The normalized spacial score (nSPS) is 12.4. The number of aliphatic hydroxyl groups excluding tert-OH is 1. The number of hydrogen-bond acceptors (Lipinski definition) is 5. The third-order valence-corrected chi connectivity index (χ3v) is 5.42. The van der Waals surface area contributed by atoms with E-state index in [0.29, 0.717) is 28.7 Å². The summed E-state index contributed by atoms with van der Waals surface area (Å²) in [5, 5.41) is 14.2. The molecular formula is C24H23NO5. The number of carbonyl (C=O) groups excluding carboxylic acids is 1. The van der Waals surface area contributed by atoms with Crippen LogP contribution in [0.1, 0.15) is 22.3 Å². The molecule has 2 N–H and O–H groups in total. The molecule has 0 saturated carbocycles. The monoisotopic (exact) mass is 405 g/mol. The zero-order chi connectivity index (χ0) is 21.3. The maximum atomic E-state index is 12.6. The Morgan fingerprint density at radius 3 is 2.60 bits per heavy atom. The van der Waals surface area contributed by atoms with E-state index in [1.54, 1.807) is 12.3 Å². The lowest BCUT2D eigenvalue weighted by molar-refractivity contribution is -0.121. The molecule has 0 saturated heterocycles. The molecule has 0 unspecified atom stereocenters. The highest BCUT2D eigenvalue weighted by Crippen LogP contribution is 2.28. The Kier molecular flexibility index (Phi) is 5.42. The fraction of sp³-hybridized carbons (Fsp3) is 0.250. The average Bonchev–Trinajstić information content (AvgIpc) is 3.10. The fourth-order valence-electron chi connectivity index (χ4n) is 3.74. The highest BCUT2D eigenvalue weighted by atomic mass is 16.4. The molecule has 0 spiro atoms. The molecular weight excluding hydrogens is 382 g/mol. The first-order valence-corrected chi connectivity index (χ1v) is 9.84. The molecule has 4 rings (SSSR count). The Hall–Kier alpha value is -3.38. The number of aliphatic hydroxyl groups is 1. The van der Waals surface area contributed by atoms with Gasteiger partial charge in [-0.3, -0.25) is 4.79 Å². The second-order valence-corrected chi connectivity index (χ2v) is 7.57. The molecule has 2 aromatic carbocycles. The molecule has 1 atom stereocenters. The summed E-state index contributed by atoms with van der Waals surface area (Å²) in [4.78, 5) is 25.2. The van der Waals surface area contributed by atoms with E-state index in [1.165, 1.54) is 0 Å². The van der Waals surface area contributed by atoms with Gasteiger partial charge in [0.2, 0.25) is 5.91 Å². The first-order valence-electron chi connectivity index (χ1n) is 9.84. The van der Waals surface area contributed by atoms with Crippen LogP contribution >= 0.6 is 0 Å². The van der Waals surface area contributed by atoms with Crippen molar-refractivity contribution in [3.8, 4) is 0 Å². The molecule has 4 aromatic rings. The quantitative estimate of drug-likeness (QED) is 0.480. The SMILES string of the molecule is Cc1coc2cc3oc(=O)c(CC(=O)N[C@H](CO)Cc4ccccc4)c(C)c3cc12. The lowest BCUT2D eigenvalue weighted by Gasteiger charge is -2.17. The van der Waals surface area contributed by atoms with Crippen LogP contribution in [0.15, 0.2) is 62.4 Å². The van der Waals surface area contributed by atoms with Gasteiger partial charge in [0.25, 0.3) is 0 Å². The van der Waals surface area contributed by atoms with Crippen molar-refractivity contribution >= 4 is 27.8 Å². The standard InChI is InChI=1S/C24H23NO5/c1-14-13-29-21-11-22-19(9-18(14)21)15(2)20(24(28)30-22)10-23(27)25-17(12-26)8-16-6-4-3-5-7-16/h3-7,9,11,13,17,26H,8,10,12H2,1-2H3,(H,25,27)/t17-/m0/s1. The highest BCUT2D eigenvalue weighted by Gasteiger charge is 2.19. The van der Waals surface area contributed by atoms with Crippen molar-refractivity contribution in [2.24, 2.45) is 0 Å². The number of benzene rings is 2. The van der Waals surface area contributed by atoms with E-state index in [-0.39, 0.29) is 18.9 Å². The van der Waals surface area contributed by atoms with Crippen molar-refractivity contribution in [1.29, 1.82) is 0 Å². The lowest BCUT2D eigenvalue weighted by atomic mass is 10.0. The number of nitrogens with one attached hydrogen (secondary N) is 1. The fourth-order valence-corrected chi connectivity index (χ4v) is 3.74. The number of rotatable bonds is 6. The van der Waals surface area contributed by atoms with Crippen LogP contribution in [0.2, 0.25) is 0 Å². The third-order valence-electron chi connectivity index (χ3n) is 5.42. The van der Waals surface area contributed by atoms with Gasteiger partial charge in [-0.15, -0.1) is 0 Å². The summed E-state index contributed by atoms with van der Waals surface area (Å²) in [6, 6.07) is 12.8. The van der Waals surface area contributed by atoms with E-state index in [2.05, 4.69) is 5.32 Å². The van der Waals surface area contributed by atoms with Crippen LogP contribution in [0.4, 0.5) is 0 Å². The Bertz CT molecular complexity index is 1270. The zero-order valence-corrected chi connectivity index (χ0v) is 16.9. The molecule has 0 bridgehead atoms. The summed E-state index contributed by atoms with van der Waals surface area (Å²) in [6.07, 6.45) is 2.05. The summed E-state index contributed by atoms with van der Waals surface area (Å²) in [5.74, 6) is -0.333. The molecule has 30 heavy (non-hydrogen) atoms. The van der Waals surface area contributed by atoms with E-state index in [1.807, 2.05) is 50.2 Å². The number of hydrogen-bond donors (Lipinski definition) is 2. The summed E-state index contributed by atoms with van der Waals surface area (Å²) in [6.45, 7) is 3.57. The molecule has 6 nitrogen and oxygen atoms in total. The number of furan rings is 1. The number of amides is 1. The number of fused-ring (bicyclic) bond motifs is 2. The van der Waals surface area contributed by atoms with E-state index in [0.717, 1.165) is 21.9 Å². The van der Waals surface area contributed by atoms with E-state index in [9.17, 15) is 14.7 Å². The largest absolute Gasteiger partial charge is 0.464 e. The molecule has 1 amide bonds. The first kappa shape index (κ1) is 19.9. The van der Waals surface area contributed by atoms with Crippen LogP contribution < -0.4 is 10.9 Å². The van der Waals surface area contributed by atoms with Crippen LogP contribution in [-0.2, 0) is 17.6 Å². The molecule has 2 heterocycles. The van der Waals surface area contributed by atoms with Gasteiger partial charge in [0.1, 0.15) is 11.2 Å². The molecule has 0 fully saturated rings. The second-order valence-electron chi connectivity index (χ2n) is 7.57. The number of carbonyl (C=O) groups is 1. The molecule has 154 valence electrons. The van der Waals surface area contributed by atoms with Gasteiger partial charge in [0.05, 0.1) is 30.9 Å². The van der Waals surface area contributed by atoms with Gasteiger partial charge >= 0.3 is 5.63 Å². The predicted molar refractivity (Wildman–Crippen MR) is 115 cm³/mol. The maximum Gasteiger partial charge on any atom is 0.340 e. The van der Waals surface area contributed by atoms with Crippen molar-refractivity contribution in [3.05, 3.63) is 81.4 Å². The summed E-state index contributed by atoms with van der Waals surface area (Å²) < 4.78 is 11.0. The minimum Gasteiger partial charge on any atom is -0.464 e. The first-order chi connectivity index (χ1) is 14.5. The van der Waals surface area contributed by atoms with Crippen LogP contribution in [0.3, 0.4) is 0 Å². The maximum absolute atomic E-state index is 12.6. The molecule has 0 aliphatic heterocycles. The van der Waals surface area contributed by atoms with Crippen LogP contribution in [0.25, 0.3) is 21.9 Å². The van der Waals surface area contributed by atoms with Crippen molar-refractivity contribution in [3.63, 3.8) is 0 Å². The van der Waals surface area contributed by atoms with Crippen LogP contribution in [-0.4, -0.2) is 23.7 Å². The van der Waals surface area contributed by atoms with Gasteiger partial charge in [-0.2, -0.15) is 0 Å². The summed E-state index contributed by atoms with van der Waals surface area (Å²) in [7, 11) is 0. The smallest absolute Gasteiger partial charge is 0.340 e. The van der Waals surface area contributed by atoms with Gasteiger partial charge in [-0.1, -0.05) is 30.3 Å². The second kappa shape index (κ2) is 8.16. The topological polar surface area (TPSA) is 92.7 Å². The van der Waals surface area contributed by atoms with E-state index >= 15 is 0 Å². The van der Waals surface area contributed by atoms with Crippen molar-refractivity contribution in [2.75, 3.05) is 6.61 Å². The van der Waals surface area contributed by atoms with Crippen LogP contribution in [0.5, 0.6) is 0 Å². The molecule has 0 aliphatic rings. The Labute approximate surface area is 173 Å². The zero-order valence-electron chi connectivity index (χ0n) is 16.9. The Balaban J connectivity index is 1.59. The van der Waals surface area contributed by atoms with Gasteiger partial charge in [0.15, 0.2) is 0 Å². The van der Waals surface area contributed by atoms with Crippen molar-refractivity contribution < 1.29 is 18.7 Å². The number of aryl methyl sites for hydroxylation is 2. The lowest BCUT2D eigenvalue weighted by Crippen LogP contribution is -2.40. The minimum absolute atomic E-state index is 0.113. The third kappa shape index (κ3) is 3.86. The molecule has 0 aliphatic carbocycles. The van der Waals surface area contributed by atoms with Crippen molar-refractivity contribution in [2.45, 2.75) is 32.7 Å². The van der Waals surface area contributed by atoms with Gasteiger partial charge < -0.3 is 19.3 Å². The highest BCUT2D eigenvalue weighted by molar-refractivity contribution is 5.96. The summed E-state index contributed by atoms with van der Waals surface area (Å²) >= 11 is 0. The molecule has 0 radical (unpaired) electrons. The Morgan fingerprint density at radius 1 is 1.10 bits per heavy atom.